The lowest BCUT2D eigenvalue weighted by Crippen LogP contribution is -2.29. The van der Waals surface area contributed by atoms with Gasteiger partial charge in [0.15, 0.2) is 0 Å². The van der Waals surface area contributed by atoms with Crippen molar-refractivity contribution in [2.75, 3.05) is 33.9 Å². The molecule has 1 saturated heterocycles. The third-order valence-corrected chi connectivity index (χ3v) is 3.74. The maximum Gasteiger partial charge on any atom is 0.317 e. The van der Waals surface area contributed by atoms with Crippen LogP contribution in [0.4, 0.5) is 4.79 Å². The van der Waals surface area contributed by atoms with E-state index in [1.165, 1.54) is 0 Å². The van der Waals surface area contributed by atoms with Crippen molar-refractivity contribution in [2.24, 2.45) is 0 Å². The molecule has 0 aromatic carbocycles. The van der Waals surface area contributed by atoms with Crippen LogP contribution in [0.15, 0.2) is 0 Å². The van der Waals surface area contributed by atoms with E-state index in [0.717, 1.165) is 32.1 Å². The lowest BCUT2D eigenvalue weighted by Gasteiger charge is -2.15. The van der Waals surface area contributed by atoms with Crippen LogP contribution in [0.2, 0.25) is 6.04 Å². The fourth-order valence-electron chi connectivity index (χ4n) is 1.48. The molecule has 0 saturated carbocycles. The summed E-state index contributed by atoms with van der Waals surface area (Å²) in [6, 6.07) is 1.10. The molecule has 0 aromatic rings. The van der Waals surface area contributed by atoms with Crippen LogP contribution < -0.4 is 5.32 Å². The van der Waals surface area contributed by atoms with Crippen LogP contribution in [-0.2, 0) is 9.47 Å². The first kappa shape index (κ1) is 12.5. The first-order valence-electron chi connectivity index (χ1n) is 5.09. The van der Waals surface area contributed by atoms with Crippen LogP contribution in [0.25, 0.3) is 0 Å². The molecule has 6 heteroatoms. The molecular weight excluding hydrogens is 212 g/mol. The Balaban J connectivity index is 2.03. The number of rotatable bonds is 7. The summed E-state index contributed by atoms with van der Waals surface area (Å²) in [4.78, 5) is 13.0. The first-order valence-corrected chi connectivity index (χ1v) is 6.38. The predicted octanol–water partition coefficient (Wildman–Crippen LogP) is 0.101. The van der Waals surface area contributed by atoms with E-state index in [-0.39, 0.29) is 11.9 Å². The number of nitrogens with zero attached hydrogens (tertiary/aromatic N) is 1. The van der Waals surface area contributed by atoms with E-state index < -0.39 is 0 Å². The Morgan fingerprint density at radius 2 is 2.27 bits per heavy atom. The minimum Gasteiger partial charge on any atom is -0.360 e. The number of urea groups is 1. The zero-order chi connectivity index (χ0) is 11.1. The van der Waals surface area contributed by atoms with Crippen molar-refractivity contribution in [2.45, 2.75) is 18.4 Å². The average molecular weight is 230 g/mol. The standard InChI is InChI=1S/C9H18N2O3Si/c1-13-9(14-2)15-7-3-5-11-6-4-10-8(11)12/h9H,3-7H2,1-2H3,(H,10,12). The molecule has 1 rings (SSSR count). The molecule has 15 heavy (non-hydrogen) atoms. The van der Waals surface area contributed by atoms with Crippen LogP contribution in [0.3, 0.4) is 0 Å². The van der Waals surface area contributed by atoms with E-state index in [4.69, 9.17) is 9.47 Å². The predicted molar refractivity (Wildman–Crippen MR) is 58.0 cm³/mol. The van der Waals surface area contributed by atoms with E-state index in [2.05, 4.69) is 5.32 Å². The molecule has 0 aromatic heterocycles. The van der Waals surface area contributed by atoms with Crippen molar-refractivity contribution in [1.29, 1.82) is 0 Å². The molecule has 1 N–H and O–H groups in total. The zero-order valence-electron chi connectivity index (χ0n) is 9.28. The van der Waals surface area contributed by atoms with Crippen LogP contribution in [0.5, 0.6) is 0 Å². The number of hydrogen-bond donors (Lipinski definition) is 1. The molecule has 0 atom stereocenters. The fraction of sp³-hybridized carbons (Fsp3) is 0.889. The third kappa shape index (κ3) is 4.19. The Bertz CT molecular complexity index is 200. The monoisotopic (exact) mass is 230 g/mol. The molecule has 0 bridgehead atoms. The Kier molecular flexibility index (Phi) is 5.67. The van der Waals surface area contributed by atoms with Crippen LogP contribution in [0, 0.1) is 0 Å². The smallest absolute Gasteiger partial charge is 0.317 e. The van der Waals surface area contributed by atoms with Gasteiger partial charge in [-0.2, -0.15) is 0 Å². The Morgan fingerprint density at radius 3 is 2.80 bits per heavy atom. The van der Waals surface area contributed by atoms with Crippen molar-refractivity contribution in [3.8, 4) is 0 Å². The SMILES string of the molecule is COC(OC)[Si]CCCN1CCNC1=O. The zero-order valence-corrected chi connectivity index (χ0v) is 10.3. The highest BCUT2D eigenvalue weighted by Gasteiger charge is 2.18. The number of methoxy groups -OCH3 is 2. The van der Waals surface area contributed by atoms with Crippen molar-refractivity contribution >= 4 is 15.6 Å². The van der Waals surface area contributed by atoms with Gasteiger partial charge in [-0.05, 0) is 6.42 Å². The van der Waals surface area contributed by atoms with Gasteiger partial charge >= 0.3 is 6.03 Å². The van der Waals surface area contributed by atoms with Crippen molar-refractivity contribution in [3.05, 3.63) is 0 Å². The molecule has 1 aliphatic heterocycles. The van der Waals surface area contributed by atoms with Crippen LogP contribution in [-0.4, -0.2) is 60.2 Å². The van der Waals surface area contributed by atoms with Gasteiger partial charge in [-0.25, -0.2) is 4.79 Å². The van der Waals surface area contributed by atoms with E-state index in [0.29, 0.717) is 9.52 Å². The van der Waals surface area contributed by atoms with Gasteiger partial charge in [0.25, 0.3) is 0 Å². The Morgan fingerprint density at radius 1 is 1.53 bits per heavy atom. The summed E-state index contributed by atoms with van der Waals surface area (Å²) in [5.74, 6) is -0.0857. The van der Waals surface area contributed by atoms with Gasteiger partial charge in [-0.1, -0.05) is 6.04 Å². The van der Waals surface area contributed by atoms with Gasteiger partial charge in [0, 0.05) is 33.9 Å². The lowest BCUT2D eigenvalue weighted by atomic mass is 10.4. The van der Waals surface area contributed by atoms with Gasteiger partial charge in [0.05, 0.1) is 0 Å². The molecule has 86 valence electrons. The molecular formula is C9H18N2O3Si. The van der Waals surface area contributed by atoms with Crippen molar-refractivity contribution < 1.29 is 14.3 Å². The van der Waals surface area contributed by atoms with Crippen molar-refractivity contribution in [3.63, 3.8) is 0 Å². The van der Waals surface area contributed by atoms with Gasteiger partial charge < -0.3 is 19.7 Å². The number of hydrogen-bond acceptors (Lipinski definition) is 3. The van der Waals surface area contributed by atoms with Gasteiger partial charge in [-0.15, -0.1) is 0 Å². The number of ether oxygens (including phenoxy) is 2. The van der Waals surface area contributed by atoms with E-state index in [1.54, 1.807) is 14.2 Å². The summed E-state index contributed by atoms with van der Waals surface area (Å²) in [7, 11) is 3.93. The van der Waals surface area contributed by atoms with Gasteiger partial charge in [0.1, 0.15) is 15.4 Å². The molecule has 5 nitrogen and oxygen atoms in total. The highest BCUT2D eigenvalue weighted by atomic mass is 28.2. The maximum absolute atomic E-state index is 11.2. The summed E-state index contributed by atoms with van der Waals surface area (Å²) in [6.07, 6.45) is 1.01. The Hall–Kier alpha value is -0.593. The topological polar surface area (TPSA) is 50.8 Å². The summed E-state index contributed by atoms with van der Waals surface area (Å²) in [6.45, 7) is 2.44. The molecule has 0 unspecified atom stereocenters. The molecule has 2 radical (unpaired) electrons. The number of amides is 2. The highest BCUT2D eigenvalue weighted by molar-refractivity contribution is 6.36. The fourth-order valence-corrected chi connectivity index (χ4v) is 2.41. The summed E-state index contributed by atoms with van der Waals surface area (Å²) >= 11 is 0. The second-order valence-electron chi connectivity index (χ2n) is 3.33. The first-order chi connectivity index (χ1) is 7.27. The maximum atomic E-state index is 11.2. The molecule has 2 amide bonds. The minimum atomic E-state index is -0.0857. The number of nitrogens with one attached hydrogen (secondary N) is 1. The summed E-state index contributed by atoms with van der Waals surface area (Å²) in [5.41, 5.74) is 0. The van der Waals surface area contributed by atoms with Gasteiger partial charge in [-0.3, -0.25) is 0 Å². The van der Waals surface area contributed by atoms with Crippen LogP contribution >= 0.6 is 0 Å². The molecule has 1 heterocycles. The van der Waals surface area contributed by atoms with E-state index in [9.17, 15) is 4.79 Å². The Labute approximate surface area is 92.9 Å². The average Bonchev–Trinajstić information content (AvgIpc) is 2.65. The summed E-state index contributed by atoms with van der Waals surface area (Å²) < 4.78 is 10.2. The molecule has 1 aliphatic rings. The third-order valence-electron chi connectivity index (χ3n) is 2.29. The molecule has 1 fully saturated rings. The summed E-state index contributed by atoms with van der Waals surface area (Å²) in [5, 5.41) is 2.78. The quantitative estimate of drug-likeness (QED) is 0.383. The molecule has 0 aliphatic carbocycles. The second-order valence-corrected chi connectivity index (χ2v) is 4.71. The second kappa shape index (κ2) is 6.81. The lowest BCUT2D eigenvalue weighted by molar-refractivity contribution is -0.0441. The normalized spacial score (nSPS) is 16.2. The van der Waals surface area contributed by atoms with Crippen molar-refractivity contribution in [1.82, 2.24) is 10.2 Å². The number of carbonyl (C=O) groups excluding carboxylic acids is 1. The number of carbonyl (C=O) groups is 1. The van der Waals surface area contributed by atoms with Crippen LogP contribution in [0.1, 0.15) is 6.42 Å². The van der Waals surface area contributed by atoms with Gasteiger partial charge in [0.2, 0.25) is 0 Å². The molecule has 0 spiro atoms. The highest BCUT2D eigenvalue weighted by Crippen LogP contribution is 2.02. The van der Waals surface area contributed by atoms with E-state index in [1.807, 2.05) is 4.90 Å². The minimum absolute atomic E-state index is 0.0633. The van der Waals surface area contributed by atoms with E-state index >= 15 is 0 Å². The largest absolute Gasteiger partial charge is 0.360 e.